The molecule has 0 aromatic heterocycles. The highest BCUT2D eigenvalue weighted by molar-refractivity contribution is 6.31. The van der Waals surface area contributed by atoms with Crippen molar-refractivity contribution < 1.29 is 9.53 Å². The van der Waals surface area contributed by atoms with Crippen LogP contribution in [0.1, 0.15) is 12.5 Å². The molecule has 1 aliphatic heterocycles. The maximum Gasteiger partial charge on any atom is 0.263 e. The number of carbonyl (C=O) groups excluding carboxylic acids is 1. The van der Waals surface area contributed by atoms with Crippen LogP contribution in [0.3, 0.4) is 0 Å². The van der Waals surface area contributed by atoms with E-state index < -0.39 is 6.10 Å². The Balaban J connectivity index is 1.89. The number of rotatable bonds is 5. The molecule has 1 atom stereocenters. The van der Waals surface area contributed by atoms with Crippen LogP contribution < -0.4 is 4.74 Å². The summed E-state index contributed by atoms with van der Waals surface area (Å²) in [4.78, 5) is 16.6. The number of hydrogen-bond donors (Lipinski definition) is 0. The van der Waals surface area contributed by atoms with E-state index in [9.17, 15) is 4.79 Å². The molecule has 1 aliphatic rings. The van der Waals surface area contributed by atoms with Gasteiger partial charge in [0.1, 0.15) is 5.75 Å². The Hall–Kier alpha value is -1.52. The van der Waals surface area contributed by atoms with Gasteiger partial charge in [-0.05, 0) is 37.6 Å². The number of benzene rings is 1. The first-order chi connectivity index (χ1) is 10.5. The van der Waals surface area contributed by atoms with Gasteiger partial charge in [-0.25, -0.2) is 0 Å². The second-order valence-electron chi connectivity index (χ2n) is 5.59. The second-order valence-corrected chi connectivity index (χ2v) is 5.99. The van der Waals surface area contributed by atoms with Gasteiger partial charge in [-0.3, -0.25) is 9.69 Å². The fourth-order valence-electron chi connectivity index (χ4n) is 2.54. The average molecular weight is 323 g/mol. The number of hydrogen-bond acceptors (Lipinski definition) is 3. The van der Waals surface area contributed by atoms with E-state index in [1.165, 1.54) is 0 Å². The lowest BCUT2D eigenvalue weighted by molar-refractivity contribution is -0.139. The first kappa shape index (κ1) is 16.8. The fourth-order valence-corrected chi connectivity index (χ4v) is 2.65. The Morgan fingerprint density at radius 3 is 2.68 bits per heavy atom. The number of piperazine rings is 1. The van der Waals surface area contributed by atoms with Gasteiger partial charge in [0.2, 0.25) is 0 Å². The molecule has 0 aliphatic carbocycles. The molecule has 4 nitrogen and oxygen atoms in total. The van der Waals surface area contributed by atoms with E-state index in [4.69, 9.17) is 16.3 Å². The van der Waals surface area contributed by atoms with Crippen LogP contribution in [0.15, 0.2) is 30.9 Å². The quantitative estimate of drug-likeness (QED) is 0.781. The molecule has 0 bridgehead atoms. The highest BCUT2D eigenvalue weighted by Gasteiger charge is 2.25. The molecule has 1 amide bonds. The summed E-state index contributed by atoms with van der Waals surface area (Å²) >= 11 is 6.00. The zero-order valence-electron chi connectivity index (χ0n) is 13.2. The summed E-state index contributed by atoms with van der Waals surface area (Å²) in [5.74, 6) is 0.707. The lowest BCUT2D eigenvalue weighted by Crippen LogP contribution is -2.51. The number of amides is 1. The molecule has 1 saturated heterocycles. The summed E-state index contributed by atoms with van der Waals surface area (Å²) in [6.45, 7) is 11.6. The topological polar surface area (TPSA) is 32.8 Å². The smallest absolute Gasteiger partial charge is 0.263 e. The number of halogens is 1. The van der Waals surface area contributed by atoms with Crippen molar-refractivity contribution in [2.75, 3.05) is 32.7 Å². The molecule has 0 N–H and O–H groups in total. The van der Waals surface area contributed by atoms with Crippen LogP contribution in [0.2, 0.25) is 5.02 Å². The van der Waals surface area contributed by atoms with Crippen molar-refractivity contribution in [1.29, 1.82) is 0 Å². The van der Waals surface area contributed by atoms with Gasteiger partial charge in [0.15, 0.2) is 6.10 Å². The first-order valence-corrected chi connectivity index (χ1v) is 7.94. The van der Waals surface area contributed by atoms with Gasteiger partial charge >= 0.3 is 0 Å². The first-order valence-electron chi connectivity index (χ1n) is 7.56. The number of nitrogens with zero attached hydrogens (tertiary/aromatic N) is 2. The molecule has 0 saturated carbocycles. The Morgan fingerprint density at radius 2 is 2.09 bits per heavy atom. The van der Waals surface area contributed by atoms with E-state index in [1.54, 1.807) is 19.1 Å². The minimum absolute atomic E-state index is 0.0332. The standard InChI is InChI=1S/C17H23ClN2O2/c1-4-7-19-8-10-20(11-9-19)17(21)14(3)22-15-5-6-16(18)13(2)12-15/h4-6,12,14H,1,7-11H2,2-3H3/t14-/m1/s1. The maximum absolute atomic E-state index is 12.5. The second kappa shape index (κ2) is 7.65. The SMILES string of the molecule is C=CCN1CCN(C(=O)[C@@H](C)Oc2ccc(Cl)c(C)c2)CC1. The Labute approximate surface area is 137 Å². The molecule has 0 unspecified atom stereocenters. The third-order valence-corrected chi connectivity index (χ3v) is 4.29. The summed E-state index contributed by atoms with van der Waals surface area (Å²) in [7, 11) is 0. The van der Waals surface area contributed by atoms with Crippen molar-refractivity contribution in [1.82, 2.24) is 9.80 Å². The number of aryl methyl sites for hydroxylation is 1. The van der Waals surface area contributed by atoms with Gasteiger partial charge in [0.25, 0.3) is 5.91 Å². The van der Waals surface area contributed by atoms with Gasteiger partial charge in [0.05, 0.1) is 0 Å². The summed E-state index contributed by atoms with van der Waals surface area (Å²) in [6.07, 6.45) is 1.40. The molecule has 1 heterocycles. The fraction of sp³-hybridized carbons (Fsp3) is 0.471. The van der Waals surface area contributed by atoms with Gasteiger partial charge in [-0.1, -0.05) is 17.7 Å². The van der Waals surface area contributed by atoms with E-state index in [2.05, 4.69) is 11.5 Å². The largest absolute Gasteiger partial charge is 0.481 e. The van der Waals surface area contributed by atoms with E-state index >= 15 is 0 Å². The van der Waals surface area contributed by atoms with E-state index in [0.717, 1.165) is 38.3 Å². The van der Waals surface area contributed by atoms with Gasteiger partial charge in [0, 0.05) is 37.7 Å². The van der Waals surface area contributed by atoms with Crippen LogP contribution in [0.25, 0.3) is 0 Å². The van der Waals surface area contributed by atoms with E-state index in [1.807, 2.05) is 24.0 Å². The predicted octanol–water partition coefficient (Wildman–Crippen LogP) is 2.75. The third kappa shape index (κ3) is 4.24. The summed E-state index contributed by atoms with van der Waals surface area (Å²) in [5.41, 5.74) is 0.942. The molecule has 2 rings (SSSR count). The molecule has 22 heavy (non-hydrogen) atoms. The normalized spacial score (nSPS) is 17.1. The highest BCUT2D eigenvalue weighted by Crippen LogP contribution is 2.22. The van der Waals surface area contributed by atoms with Crippen LogP contribution in [0.4, 0.5) is 0 Å². The summed E-state index contributed by atoms with van der Waals surface area (Å²) in [5, 5.41) is 0.699. The lowest BCUT2D eigenvalue weighted by atomic mass is 10.2. The average Bonchev–Trinajstić information content (AvgIpc) is 2.51. The van der Waals surface area contributed by atoms with Crippen molar-refractivity contribution in [3.8, 4) is 5.75 Å². The van der Waals surface area contributed by atoms with Crippen molar-refractivity contribution in [3.63, 3.8) is 0 Å². The molecule has 1 aromatic rings. The van der Waals surface area contributed by atoms with Crippen LogP contribution >= 0.6 is 11.6 Å². The van der Waals surface area contributed by atoms with Crippen LogP contribution in [0.5, 0.6) is 5.75 Å². The summed E-state index contributed by atoms with van der Waals surface area (Å²) < 4.78 is 5.76. The maximum atomic E-state index is 12.5. The lowest BCUT2D eigenvalue weighted by Gasteiger charge is -2.35. The van der Waals surface area contributed by atoms with E-state index in [0.29, 0.717) is 10.8 Å². The van der Waals surface area contributed by atoms with Crippen LogP contribution in [-0.2, 0) is 4.79 Å². The zero-order valence-corrected chi connectivity index (χ0v) is 14.0. The van der Waals surface area contributed by atoms with Crippen LogP contribution in [0, 0.1) is 6.92 Å². The number of ether oxygens (including phenoxy) is 1. The molecule has 5 heteroatoms. The molecule has 0 spiro atoms. The molecule has 120 valence electrons. The zero-order chi connectivity index (χ0) is 16.1. The van der Waals surface area contributed by atoms with Crippen LogP contribution in [-0.4, -0.2) is 54.5 Å². The van der Waals surface area contributed by atoms with Gasteiger partial charge < -0.3 is 9.64 Å². The van der Waals surface area contributed by atoms with Gasteiger partial charge in [-0.15, -0.1) is 6.58 Å². The number of carbonyl (C=O) groups is 1. The minimum atomic E-state index is -0.494. The Bertz CT molecular complexity index is 539. The van der Waals surface area contributed by atoms with Gasteiger partial charge in [-0.2, -0.15) is 0 Å². The monoisotopic (exact) mass is 322 g/mol. The van der Waals surface area contributed by atoms with Crippen molar-refractivity contribution in [2.24, 2.45) is 0 Å². The van der Waals surface area contributed by atoms with Crippen molar-refractivity contribution in [2.45, 2.75) is 20.0 Å². The highest BCUT2D eigenvalue weighted by atomic mass is 35.5. The Kier molecular flexibility index (Phi) is 5.86. The molecule has 1 aromatic carbocycles. The predicted molar refractivity (Wildman–Crippen MR) is 89.5 cm³/mol. The van der Waals surface area contributed by atoms with Crippen molar-refractivity contribution in [3.05, 3.63) is 41.4 Å². The molecular formula is C17H23ClN2O2. The van der Waals surface area contributed by atoms with Crippen molar-refractivity contribution >= 4 is 17.5 Å². The molecule has 1 fully saturated rings. The molecule has 0 radical (unpaired) electrons. The summed E-state index contributed by atoms with van der Waals surface area (Å²) in [6, 6.07) is 5.44. The minimum Gasteiger partial charge on any atom is -0.481 e. The third-order valence-electron chi connectivity index (χ3n) is 3.86. The van der Waals surface area contributed by atoms with E-state index in [-0.39, 0.29) is 5.91 Å². The Morgan fingerprint density at radius 1 is 1.41 bits per heavy atom. The molecular weight excluding hydrogens is 300 g/mol.